The molecule has 2 fully saturated rings. The maximum atomic E-state index is 5.66. The van der Waals surface area contributed by atoms with E-state index in [2.05, 4.69) is 10.4 Å². The van der Waals surface area contributed by atoms with E-state index in [0.29, 0.717) is 6.04 Å². The van der Waals surface area contributed by atoms with E-state index >= 15 is 0 Å². The molecule has 0 aliphatic heterocycles. The summed E-state index contributed by atoms with van der Waals surface area (Å²) in [4.78, 5) is 4.33. The standard InChI is InChI=1S/C11H17N3S/c12-14-10(6-11-13-1-2-15-11)9-4-7-3-8(7)5-9/h1-2,7-10,14H,3-6,12H2. The number of thiazole rings is 1. The van der Waals surface area contributed by atoms with E-state index in [9.17, 15) is 0 Å². The number of rotatable bonds is 4. The van der Waals surface area contributed by atoms with Crippen LogP contribution in [0.5, 0.6) is 0 Å². The van der Waals surface area contributed by atoms with Crippen molar-refractivity contribution in [3.63, 3.8) is 0 Å². The molecule has 3 nitrogen and oxygen atoms in total. The van der Waals surface area contributed by atoms with Crippen molar-refractivity contribution >= 4 is 11.3 Å². The maximum absolute atomic E-state index is 5.66. The predicted molar refractivity (Wildman–Crippen MR) is 61.3 cm³/mol. The summed E-state index contributed by atoms with van der Waals surface area (Å²) in [5.41, 5.74) is 2.99. The van der Waals surface area contributed by atoms with Crippen LogP contribution in [-0.2, 0) is 6.42 Å². The molecule has 3 unspecified atom stereocenters. The van der Waals surface area contributed by atoms with Crippen LogP contribution in [0.3, 0.4) is 0 Å². The molecule has 0 bridgehead atoms. The molecule has 0 aromatic carbocycles. The SMILES string of the molecule is NNC(Cc1nccs1)C1CC2CC2C1. The van der Waals surface area contributed by atoms with Gasteiger partial charge < -0.3 is 0 Å². The lowest BCUT2D eigenvalue weighted by molar-refractivity contribution is 0.335. The van der Waals surface area contributed by atoms with Gasteiger partial charge in [0, 0.05) is 24.0 Å². The van der Waals surface area contributed by atoms with E-state index in [1.807, 2.05) is 11.6 Å². The summed E-state index contributed by atoms with van der Waals surface area (Å²) >= 11 is 1.73. The van der Waals surface area contributed by atoms with E-state index in [1.165, 1.54) is 24.3 Å². The highest BCUT2D eigenvalue weighted by molar-refractivity contribution is 7.09. The highest BCUT2D eigenvalue weighted by Crippen LogP contribution is 2.55. The van der Waals surface area contributed by atoms with E-state index in [1.54, 1.807) is 11.3 Å². The normalized spacial score (nSPS) is 35.1. The molecule has 3 rings (SSSR count). The first-order valence-corrected chi connectivity index (χ1v) is 6.59. The average Bonchev–Trinajstić information content (AvgIpc) is 2.73. The molecule has 0 amide bonds. The lowest BCUT2D eigenvalue weighted by atomic mass is 9.93. The molecule has 15 heavy (non-hydrogen) atoms. The van der Waals surface area contributed by atoms with Gasteiger partial charge in [-0.25, -0.2) is 4.98 Å². The monoisotopic (exact) mass is 223 g/mol. The second-order valence-corrected chi connectivity index (χ2v) is 5.87. The third kappa shape index (κ3) is 1.94. The largest absolute Gasteiger partial charge is 0.271 e. The van der Waals surface area contributed by atoms with Crippen LogP contribution >= 0.6 is 11.3 Å². The molecule has 2 saturated carbocycles. The quantitative estimate of drug-likeness (QED) is 0.601. The highest BCUT2D eigenvalue weighted by Gasteiger charge is 2.47. The smallest absolute Gasteiger partial charge is 0.0940 e. The second kappa shape index (κ2) is 3.85. The Morgan fingerprint density at radius 3 is 2.87 bits per heavy atom. The molecular formula is C11H17N3S. The Morgan fingerprint density at radius 1 is 1.47 bits per heavy atom. The zero-order chi connectivity index (χ0) is 10.3. The summed E-state index contributed by atoms with van der Waals surface area (Å²) in [5, 5.41) is 3.24. The van der Waals surface area contributed by atoms with Crippen LogP contribution in [0.1, 0.15) is 24.3 Å². The van der Waals surface area contributed by atoms with Crippen LogP contribution in [0.25, 0.3) is 0 Å². The van der Waals surface area contributed by atoms with Crippen molar-refractivity contribution in [2.45, 2.75) is 31.7 Å². The van der Waals surface area contributed by atoms with E-state index in [0.717, 1.165) is 24.2 Å². The number of nitrogens with two attached hydrogens (primary N) is 1. The Morgan fingerprint density at radius 2 is 2.27 bits per heavy atom. The van der Waals surface area contributed by atoms with Crippen molar-refractivity contribution in [3.05, 3.63) is 16.6 Å². The molecule has 2 aliphatic rings. The van der Waals surface area contributed by atoms with E-state index in [4.69, 9.17) is 5.84 Å². The van der Waals surface area contributed by atoms with Gasteiger partial charge in [0.25, 0.3) is 0 Å². The average molecular weight is 223 g/mol. The fraction of sp³-hybridized carbons (Fsp3) is 0.727. The van der Waals surface area contributed by atoms with Gasteiger partial charge in [-0.3, -0.25) is 11.3 Å². The van der Waals surface area contributed by atoms with Crippen molar-refractivity contribution < 1.29 is 0 Å². The van der Waals surface area contributed by atoms with Crippen LogP contribution in [0.2, 0.25) is 0 Å². The number of hydrogen-bond donors (Lipinski definition) is 2. The molecule has 3 atom stereocenters. The first kappa shape index (κ1) is 9.75. The zero-order valence-corrected chi connectivity index (χ0v) is 9.54. The molecule has 0 spiro atoms. The zero-order valence-electron chi connectivity index (χ0n) is 8.73. The summed E-state index contributed by atoms with van der Waals surface area (Å²) in [5.74, 6) is 8.50. The van der Waals surface area contributed by atoms with Crippen LogP contribution in [0.4, 0.5) is 0 Å². The fourth-order valence-corrected chi connectivity index (χ4v) is 3.67. The molecule has 1 heterocycles. The Kier molecular flexibility index (Phi) is 2.50. The molecule has 0 saturated heterocycles. The molecule has 82 valence electrons. The minimum absolute atomic E-state index is 0.434. The van der Waals surface area contributed by atoms with Crippen molar-refractivity contribution in [2.75, 3.05) is 0 Å². The van der Waals surface area contributed by atoms with Gasteiger partial charge in [-0.15, -0.1) is 11.3 Å². The Balaban J connectivity index is 1.61. The Hall–Kier alpha value is -0.450. The van der Waals surface area contributed by atoms with Crippen LogP contribution in [0.15, 0.2) is 11.6 Å². The number of aromatic nitrogens is 1. The van der Waals surface area contributed by atoms with E-state index < -0.39 is 0 Å². The Bertz CT molecular complexity index is 315. The van der Waals surface area contributed by atoms with E-state index in [-0.39, 0.29) is 0 Å². The van der Waals surface area contributed by atoms with Crippen molar-refractivity contribution in [1.82, 2.24) is 10.4 Å². The number of hydrazine groups is 1. The highest BCUT2D eigenvalue weighted by atomic mass is 32.1. The van der Waals surface area contributed by atoms with Gasteiger partial charge in [-0.1, -0.05) is 0 Å². The van der Waals surface area contributed by atoms with Gasteiger partial charge in [-0.2, -0.15) is 0 Å². The van der Waals surface area contributed by atoms with Gasteiger partial charge in [0.15, 0.2) is 0 Å². The number of hydrogen-bond acceptors (Lipinski definition) is 4. The molecule has 0 radical (unpaired) electrons. The van der Waals surface area contributed by atoms with Gasteiger partial charge in [0.2, 0.25) is 0 Å². The minimum Gasteiger partial charge on any atom is -0.271 e. The topological polar surface area (TPSA) is 50.9 Å². The number of fused-ring (bicyclic) bond motifs is 1. The lowest BCUT2D eigenvalue weighted by Crippen LogP contribution is -2.42. The summed E-state index contributed by atoms with van der Waals surface area (Å²) < 4.78 is 0. The Labute approximate surface area is 94.1 Å². The lowest BCUT2D eigenvalue weighted by Gasteiger charge is -2.22. The fourth-order valence-electron chi connectivity index (χ4n) is 2.99. The predicted octanol–water partition coefficient (Wildman–Crippen LogP) is 1.56. The van der Waals surface area contributed by atoms with Crippen molar-refractivity contribution in [1.29, 1.82) is 0 Å². The van der Waals surface area contributed by atoms with Gasteiger partial charge in [-0.05, 0) is 37.0 Å². The van der Waals surface area contributed by atoms with Crippen molar-refractivity contribution in [2.24, 2.45) is 23.6 Å². The van der Waals surface area contributed by atoms with Gasteiger partial charge in [0.1, 0.15) is 0 Å². The summed E-state index contributed by atoms with van der Waals surface area (Å²) in [6.45, 7) is 0. The van der Waals surface area contributed by atoms with Gasteiger partial charge >= 0.3 is 0 Å². The molecule has 4 heteroatoms. The third-order valence-electron chi connectivity index (χ3n) is 3.94. The molecule has 1 aromatic heterocycles. The van der Waals surface area contributed by atoms with Crippen LogP contribution in [0, 0.1) is 17.8 Å². The van der Waals surface area contributed by atoms with Crippen molar-refractivity contribution in [3.8, 4) is 0 Å². The molecule has 2 aliphatic carbocycles. The third-order valence-corrected chi connectivity index (χ3v) is 4.74. The summed E-state index contributed by atoms with van der Waals surface area (Å²) in [6, 6.07) is 0.434. The minimum atomic E-state index is 0.434. The van der Waals surface area contributed by atoms with Crippen LogP contribution < -0.4 is 11.3 Å². The number of nitrogens with one attached hydrogen (secondary N) is 1. The van der Waals surface area contributed by atoms with Gasteiger partial charge in [0.05, 0.1) is 5.01 Å². The van der Waals surface area contributed by atoms with Crippen LogP contribution in [-0.4, -0.2) is 11.0 Å². The first-order chi connectivity index (χ1) is 7.36. The molecule has 1 aromatic rings. The second-order valence-electron chi connectivity index (χ2n) is 4.89. The maximum Gasteiger partial charge on any atom is 0.0940 e. The number of nitrogens with zero attached hydrogens (tertiary/aromatic N) is 1. The molecular weight excluding hydrogens is 206 g/mol. The summed E-state index contributed by atoms with van der Waals surface area (Å²) in [6.07, 6.45) is 7.11. The first-order valence-electron chi connectivity index (χ1n) is 5.71. The molecule has 3 N–H and O–H groups in total. The summed E-state index contributed by atoms with van der Waals surface area (Å²) in [7, 11) is 0.